The minimum Gasteiger partial charge on any atom is -0.457 e. The van der Waals surface area contributed by atoms with Gasteiger partial charge in [-0.1, -0.05) is 12.1 Å². The van der Waals surface area contributed by atoms with E-state index in [2.05, 4.69) is 0 Å². The summed E-state index contributed by atoms with van der Waals surface area (Å²) in [4.78, 5) is 11.9. The van der Waals surface area contributed by atoms with E-state index in [1.807, 2.05) is 0 Å². The van der Waals surface area contributed by atoms with Crippen molar-refractivity contribution in [2.45, 2.75) is 17.7 Å². The van der Waals surface area contributed by atoms with Crippen molar-refractivity contribution < 1.29 is 31.1 Å². The Morgan fingerprint density at radius 3 is 2.00 bits per heavy atom. The number of sulfone groups is 1. The summed E-state index contributed by atoms with van der Waals surface area (Å²) in [6.07, 6.45) is -3.37. The van der Waals surface area contributed by atoms with Gasteiger partial charge in [0.2, 0.25) is 0 Å². The average Bonchev–Trinajstić information content (AvgIpc) is 2.51. The van der Waals surface area contributed by atoms with Crippen LogP contribution in [-0.4, -0.2) is 20.6 Å². The lowest BCUT2D eigenvalue weighted by Gasteiger charge is -2.08. The molecule has 2 aromatic rings. The summed E-state index contributed by atoms with van der Waals surface area (Å²) >= 11 is 0. The second kappa shape index (κ2) is 6.64. The van der Waals surface area contributed by atoms with Gasteiger partial charge in [0.25, 0.3) is 0 Å². The first-order chi connectivity index (χ1) is 11.1. The number of ether oxygens (including phenoxy) is 1. The lowest BCUT2D eigenvalue weighted by Crippen LogP contribution is -2.07. The Morgan fingerprint density at radius 1 is 1.00 bits per heavy atom. The minimum atomic E-state index is -4.42. The maximum absolute atomic E-state index is 12.4. The van der Waals surface area contributed by atoms with Gasteiger partial charge in [-0.25, -0.2) is 13.2 Å². The van der Waals surface area contributed by atoms with Gasteiger partial charge in [-0.3, -0.25) is 0 Å². The summed E-state index contributed by atoms with van der Waals surface area (Å²) < 4.78 is 65.0. The molecule has 0 fully saturated rings. The van der Waals surface area contributed by atoms with Crippen LogP contribution in [0.2, 0.25) is 0 Å². The van der Waals surface area contributed by atoms with Crippen LogP contribution < -0.4 is 0 Å². The van der Waals surface area contributed by atoms with Crippen LogP contribution in [0.3, 0.4) is 0 Å². The third kappa shape index (κ3) is 4.58. The standard InChI is InChI=1S/C16H13F3O4S/c1-24(21,22)14-8-4-12(5-9-14)15(20)23-10-11-2-6-13(7-3-11)16(17,18)19/h2-9H,10H2,1H3. The van der Waals surface area contributed by atoms with Crippen molar-refractivity contribution in [3.05, 3.63) is 65.2 Å². The Morgan fingerprint density at radius 2 is 1.54 bits per heavy atom. The van der Waals surface area contributed by atoms with Crippen LogP contribution in [-0.2, 0) is 27.4 Å². The quantitative estimate of drug-likeness (QED) is 0.786. The van der Waals surface area contributed by atoms with Crippen LogP contribution in [0.15, 0.2) is 53.4 Å². The zero-order chi connectivity index (χ0) is 18.0. The topological polar surface area (TPSA) is 60.4 Å². The largest absolute Gasteiger partial charge is 0.457 e. The van der Waals surface area contributed by atoms with Gasteiger partial charge < -0.3 is 4.74 Å². The number of benzene rings is 2. The zero-order valence-corrected chi connectivity index (χ0v) is 13.3. The van der Waals surface area contributed by atoms with Crippen LogP contribution >= 0.6 is 0 Å². The van der Waals surface area contributed by atoms with Crippen LogP contribution in [0.4, 0.5) is 13.2 Å². The van der Waals surface area contributed by atoms with E-state index >= 15 is 0 Å². The maximum Gasteiger partial charge on any atom is 0.416 e. The van der Waals surface area contributed by atoms with E-state index < -0.39 is 27.5 Å². The van der Waals surface area contributed by atoms with Crippen LogP contribution in [0, 0.1) is 0 Å². The van der Waals surface area contributed by atoms with Gasteiger partial charge in [-0.05, 0) is 42.0 Å². The molecule has 0 spiro atoms. The first-order valence-electron chi connectivity index (χ1n) is 6.71. The van der Waals surface area contributed by atoms with E-state index in [0.29, 0.717) is 5.56 Å². The van der Waals surface area contributed by atoms with E-state index in [0.717, 1.165) is 18.4 Å². The second-order valence-electron chi connectivity index (χ2n) is 5.07. The Balaban J connectivity index is 2.00. The van der Waals surface area contributed by atoms with Gasteiger partial charge in [0, 0.05) is 6.26 Å². The first kappa shape index (κ1) is 18.0. The van der Waals surface area contributed by atoms with Crippen molar-refractivity contribution in [3.8, 4) is 0 Å². The number of halogens is 3. The summed E-state index contributed by atoms with van der Waals surface area (Å²) in [6.45, 7) is -0.190. The molecule has 8 heteroatoms. The molecule has 0 radical (unpaired) electrons. The molecule has 0 heterocycles. The van der Waals surface area contributed by atoms with Gasteiger partial charge >= 0.3 is 12.1 Å². The Hall–Kier alpha value is -2.35. The Labute approximate surface area is 136 Å². The number of alkyl halides is 3. The molecule has 0 saturated carbocycles. The molecular formula is C16H13F3O4S. The van der Waals surface area contributed by atoms with Crippen molar-refractivity contribution in [1.82, 2.24) is 0 Å². The number of hydrogen-bond acceptors (Lipinski definition) is 4. The van der Waals surface area contributed by atoms with Crippen molar-refractivity contribution in [2.24, 2.45) is 0 Å². The highest BCUT2D eigenvalue weighted by Crippen LogP contribution is 2.29. The zero-order valence-electron chi connectivity index (χ0n) is 12.5. The third-order valence-electron chi connectivity index (χ3n) is 3.17. The third-order valence-corrected chi connectivity index (χ3v) is 4.30. The molecule has 0 aliphatic rings. The molecule has 2 aromatic carbocycles. The summed E-state index contributed by atoms with van der Waals surface area (Å²) in [5, 5.41) is 0. The van der Waals surface area contributed by atoms with Gasteiger partial charge in [0.1, 0.15) is 6.61 Å². The van der Waals surface area contributed by atoms with E-state index in [9.17, 15) is 26.4 Å². The number of carbonyl (C=O) groups is 1. The van der Waals surface area contributed by atoms with Gasteiger partial charge in [-0.15, -0.1) is 0 Å². The highest BCUT2D eigenvalue weighted by atomic mass is 32.2. The predicted octanol–water partition coefficient (Wildman–Crippen LogP) is 3.47. The van der Waals surface area contributed by atoms with Crippen molar-refractivity contribution >= 4 is 15.8 Å². The number of esters is 1. The maximum atomic E-state index is 12.4. The average molecular weight is 358 g/mol. The van der Waals surface area contributed by atoms with Crippen molar-refractivity contribution in [3.63, 3.8) is 0 Å². The van der Waals surface area contributed by atoms with Crippen LogP contribution in [0.25, 0.3) is 0 Å². The molecule has 0 N–H and O–H groups in total. The normalized spacial score (nSPS) is 12.0. The molecule has 0 saturated heterocycles. The Bertz CT molecular complexity index is 823. The minimum absolute atomic E-state index is 0.0711. The summed E-state index contributed by atoms with van der Waals surface area (Å²) in [5.74, 6) is -0.699. The van der Waals surface area contributed by atoms with E-state index in [1.54, 1.807) is 0 Å². The van der Waals surface area contributed by atoms with Crippen molar-refractivity contribution in [2.75, 3.05) is 6.26 Å². The molecule has 0 atom stereocenters. The molecule has 0 unspecified atom stereocenters. The predicted molar refractivity (Wildman–Crippen MR) is 80.1 cm³/mol. The fourth-order valence-corrected chi connectivity index (χ4v) is 2.49. The van der Waals surface area contributed by atoms with E-state index in [-0.39, 0.29) is 17.1 Å². The molecule has 128 valence electrons. The molecule has 0 aliphatic heterocycles. The number of hydrogen-bond donors (Lipinski definition) is 0. The molecule has 24 heavy (non-hydrogen) atoms. The van der Waals surface area contributed by atoms with Crippen LogP contribution in [0.5, 0.6) is 0 Å². The fourth-order valence-electron chi connectivity index (χ4n) is 1.86. The fraction of sp³-hybridized carbons (Fsp3) is 0.188. The molecular weight excluding hydrogens is 345 g/mol. The Kier molecular flexibility index (Phi) is 4.98. The molecule has 0 aromatic heterocycles. The molecule has 2 rings (SSSR count). The number of rotatable bonds is 4. The molecule has 0 bridgehead atoms. The molecule has 4 nitrogen and oxygen atoms in total. The summed E-state index contributed by atoms with van der Waals surface area (Å²) in [6, 6.07) is 9.45. The SMILES string of the molecule is CS(=O)(=O)c1ccc(C(=O)OCc2ccc(C(F)(F)F)cc2)cc1. The molecule has 0 aliphatic carbocycles. The van der Waals surface area contributed by atoms with Gasteiger partial charge in [0.05, 0.1) is 16.0 Å². The van der Waals surface area contributed by atoms with Gasteiger partial charge in [0.15, 0.2) is 9.84 Å². The second-order valence-corrected chi connectivity index (χ2v) is 7.08. The van der Waals surface area contributed by atoms with E-state index in [4.69, 9.17) is 4.74 Å². The van der Waals surface area contributed by atoms with Crippen molar-refractivity contribution in [1.29, 1.82) is 0 Å². The monoisotopic (exact) mass is 358 g/mol. The lowest BCUT2D eigenvalue weighted by molar-refractivity contribution is -0.137. The number of carbonyl (C=O) groups excluding carboxylic acids is 1. The lowest BCUT2D eigenvalue weighted by atomic mass is 10.1. The highest BCUT2D eigenvalue weighted by molar-refractivity contribution is 7.90. The summed E-state index contributed by atoms with van der Waals surface area (Å²) in [7, 11) is -3.36. The molecule has 0 amide bonds. The first-order valence-corrected chi connectivity index (χ1v) is 8.60. The van der Waals surface area contributed by atoms with Gasteiger partial charge in [-0.2, -0.15) is 13.2 Å². The smallest absolute Gasteiger partial charge is 0.416 e. The van der Waals surface area contributed by atoms with Crippen LogP contribution in [0.1, 0.15) is 21.5 Å². The highest BCUT2D eigenvalue weighted by Gasteiger charge is 2.29. The summed E-state index contributed by atoms with van der Waals surface area (Å²) in [5.41, 5.74) is -0.229. The van der Waals surface area contributed by atoms with E-state index in [1.165, 1.54) is 36.4 Å².